The van der Waals surface area contributed by atoms with E-state index in [1.807, 2.05) is 55.5 Å². The Balaban J connectivity index is 1.55. The highest BCUT2D eigenvalue weighted by Gasteiger charge is 2.17. The summed E-state index contributed by atoms with van der Waals surface area (Å²) in [6, 6.07) is 24.0. The van der Waals surface area contributed by atoms with E-state index in [1.165, 1.54) is 10.1 Å². The summed E-state index contributed by atoms with van der Waals surface area (Å²) in [5.74, 6) is 1.97. The van der Waals surface area contributed by atoms with Gasteiger partial charge in [0, 0.05) is 16.0 Å². The van der Waals surface area contributed by atoms with Crippen molar-refractivity contribution in [2.45, 2.75) is 46.1 Å². The first-order valence-electron chi connectivity index (χ1n) is 14.2. The molecule has 7 heteroatoms. The highest BCUT2D eigenvalue weighted by atomic mass is 79.9. The molecule has 0 saturated carbocycles. The second kappa shape index (κ2) is 13.2. The molecule has 5 aromatic rings. The molecule has 1 heterocycles. The first-order chi connectivity index (χ1) is 20.4. The third kappa shape index (κ3) is 6.16. The molecule has 4 aromatic carbocycles. The Labute approximate surface area is 254 Å². The summed E-state index contributed by atoms with van der Waals surface area (Å²) < 4.78 is 14.7. The SMILES string of the molecule is C=CCc1cc(C=Nn2c([C@@H](C)CC)nc3ccc(Br)cc3c2=O)cc(OCC)c1OCc1cccc2ccccc12. The van der Waals surface area contributed by atoms with Gasteiger partial charge in [-0.3, -0.25) is 4.79 Å². The second-order valence-corrected chi connectivity index (χ2v) is 11.1. The summed E-state index contributed by atoms with van der Waals surface area (Å²) in [5, 5.41) is 7.50. The van der Waals surface area contributed by atoms with E-state index in [1.54, 1.807) is 12.3 Å². The van der Waals surface area contributed by atoms with Crippen molar-refractivity contribution in [3.05, 3.63) is 123 Å². The standard InChI is InChI=1S/C35H34BrN3O3/c1-5-11-26-18-24(21-37-39-34(23(4)6-2)38-31-17-16-28(36)20-30(31)35(39)40)19-32(41-7-3)33(26)42-22-27-14-10-13-25-12-8-9-15-29(25)27/h5,8-10,12-21,23H,1,6-7,11,22H2,2-4H3/t23-/m0/s1. The van der Waals surface area contributed by atoms with Gasteiger partial charge in [-0.1, -0.05) is 78.3 Å². The largest absolute Gasteiger partial charge is 0.490 e. The van der Waals surface area contributed by atoms with Crippen LogP contribution in [0.4, 0.5) is 0 Å². The summed E-state index contributed by atoms with van der Waals surface area (Å²) in [7, 11) is 0. The quantitative estimate of drug-likeness (QED) is 0.109. The summed E-state index contributed by atoms with van der Waals surface area (Å²) in [6.07, 6.45) is 4.93. The molecule has 0 spiro atoms. The van der Waals surface area contributed by atoms with E-state index < -0.39 is 0 Å². The number of ether oxygens (including phenoxy) is 2. The molecule has 0 saturated heterocycles. The number of rotatable bonds is 11. The van der Waals surface area contributed by atoms with Crippen LogP contribution in [0.5, 0.6) is 11.5 Å². The third-order valence-corrected chi connectivity index (χ3v) is 7.77. The molecule has 0 aliphatic carbocycles. The molecule has 0 radical (unpaired) electrons. The number of hydrogen-bond donors (Lipinski definition) is 0. The monoisotopic (exact) mass is 623 g/mol. The zero-order valence-corrected chi connectivity index (χ0v) is 25.7. The van der Waals surface area contributed by atoms with E-state index in [4.69, 9.17) is 14.5 Å². The molecule has 0 aliphatic rings. The van der Waals surface area contributed by atoms with Gasteiger partial charge >= 0.3 is 0 Å². The number of hydrogen-bond acceptors (Lipinski definition) is 5. The number of aromatic nitrogens is 2. The van der Waals surface area contributed by atoms with Gasteiger partial charge in [0.05, 0.1) is 23.7 Å². The number of fused-ring (bicyclic) bond motifs is 2. The van der Waals surface area contributed by atoms with Crippen LogP contribution in [0.3, 0.4) is 0 Å². The Kier molecular flexibility index (Phi) is 9.18. The zero-order valence-electron chi connectivity index (χ0n) is 24.1. The van der Waals surface area contributed by atoms with Gasteiger partial charge in [0.2, 0.25) is 0 Å². The van der Waals surface area contributed by atoms with Crippen LogP contribution in [0.2, 0.25) is 0 Å². The van der Waals surface area contributed by atoms with Gasteiger partial charge in [0.1, 0.15) is 12.4 Å². The van der Waals surface area contributed by atoms with Crippen LogP contribution >= 0.6 is 15.9 Å². The Morgan fingerprint density at radius 3 is 2.60 bits per heavy atom. The fourth-order valence-corrected chi connectivity index (χ4v) is 5.32. The normalized spacial score (nSPS) is 12.2. The average Bonchev–Trinajstić information content (AvgIpc) is 3.00. The molecule has 1 aromatic heterocycles. The third-order valence-electron chi connectivity index (χ3n) is 7.28. The molecule has 0 bridgehead atoms. The first-order valence-corrected chi connectivity index (χ1v) is 15.0. The number of benzene rings is 4. The highest BCUT2D eigenvalue weighted by Crippen LogP contribution is 2.35. The molecule has 42 heavy (non-hydrogen) atoms. The molecule has 6 nitrogen and oxygen atoms in total. The van der Waals surface area contributed by atoms with E-state index in [0.717, 1.165) is 33.0 Å². The molecular formula is C35H34BrN3O3. The van der Waals surface area contributed by atoms with Gasteiger partial charge in [-0.15, -0.1) is 6.58 Å². The minimum atomic E-state index is -0.209. The van der Waals surface area contributed by atoms with Crippen molar-refractivity contribution in [1.29, 1.82) is 0 Å². The topological polar surface area (TPSA) is 65.7 Å². The molecule has 0 aliphatic heterocycles. The van der Waals surface area contributed by atoms with E-state index in [9.17, 15) is 4.79 Å². The van der Waals surface area contributed by atoms with Gasteiger partial charge < -0.3 is 9.47 Å². The van der Waals surface area contributed by atoms with Crippen LogP contribution in [0, 0.1) is 0 Å². The molecule has 214 valence electrons. The predicted octanol–water partition coefficient (Wildman–Crippen LogP) is 8.41. The smallest absolute Gasteiger partial charge is 0.282 e. The molecule has 1 atom stereocenters. The van der Waals surface area contributed by atoms with Crippen molar-refractivity contribution in [1.82, 2.24) is 9.66 Å². The maximum atomic E-state index is 13.6. The Morgan fingerprint density at radius 2 is 1.81 bits per heavy atom. The van der Waals surface area contributed by atoms with Crippen molar-refractivity contribution in [3.8, 4) is 11.5 Å². The lowest BCUT2D eigenvalue weighted by Gasteiger charge is -2.17. The van der Waals surface area contributed by atoms with Crippen molar-refractivity contribution in [2.75, 3.05) is 6.61 Å². The van der Waals surface area contributed by atoms with Crippen LogP contribution in [0.1, 0.15) is 55.6 Å². The molecule has 0 N–H and O–H groups in total. The van der Waals surface area contributed by atoms with Crippen molar-refractivity contribution < 1.29 is 9.47 Å². The average molecular weight is 625 g/mol. The minimum absolute atomic E-state index is 0.0445. The molecule has 0 unspecified atom stereocenters. The van der Waals surface area contributed by atoms with Crippen molar-refractivity contribution in [3.63, 3.8) is 0 Å². The Bertz CT molecular complexity index is 1840. The van der Waals surface area contributed by atoms with Crippen molar-refractivity contribution in [2.24, 2.45) is 5.10 Å². The zero-order chi connectivity index (χ0) is 29.6. The molecule has 0 fully saturated rings. The number of allylic oxidation sites excluding steroid dienone is 1. The number of halogens is 1. The van der Waals surface area contributed by atoms with E-state index in [-0.39, 0.29) is 11.5 Å². The first kappa shape index (κ1) is 29.3. The van der Waals surface area contributed by atoms with Gasteiger partial charge in [0.15, 0.2) is 11.5 Å². The van der Waals surface area contributed by atoms with Crippen LogP contribution in [-0.2, 0) is 13.0 Å². The molecule has 5 rings (SSSR count). The van der Waals surface area contributed by atoms with E-state index in [0.29, 0.717) is 47.9 Å². The highest BCUT2D eigenvalue weighted by molar-refractivity contribution is 9.10. The molecule has 0 amide bonds. The Hall–Kier alpha value is -4.23. The summed E-state index contributed by atoms with van der Waals surface area (Å²) >= 11 is 3.47. The van der Waals surface area contributed by atoms with Gasteiger partial charge in [-0.25, -0.2) is 4.98 Å². The number of nitrogens with zero attached hydrogens (tertiary/aromatic N) is 3. The maximum Gasteiger partial charge on any atom is 0.282 e. The van der Waals surface area contributed by atoms with Gasteiger partial charge in [0.25, 0.3) is 5.56 Å². The van der Waals surface area contributed by atoms with E-state index >= 15 is 0 Å². The van der Waals surface area contributed by atoms with Crippen LogP contribution in [-0.4, -0.2) is 22.5 Å². The van der Waals surface area contributed by atoms with Gasteiger partial charge in [-0.05, 0) is 72.0 Å². The summed E-state index contributed by atoms with van der Waals surface area (Å²) in [4.78, 5) is 18.4. The van der Waals surface area contributed by atoms with E-state index in [2.05, 4.69) is 65.7 Å². The fraction of sp³-hybridized carbons (Fsp3) is 0.229. The van der Waals surface area contributed by atoms with Gasteiger partial charge in [-0.2, -0.15) is 9.78 Å². The lowest BCUT2D eigenvalue weighted by atomic mass is 10.0. The van der Waals surface area contributed by atoms with Crippen molar-refractivity contribution >= 4 is 43.8 Å². The second-order valence-electron chi connectivity index (χ2n) is 10.2. The minimum Gasteiger partial charge on any atom is -0.490 e. The fourth-order valence-electron chi connectivity index (χ4n) is 4.96. The maximum absolute atomic E-state index is 13.6. The predicted molar refractivity (Wildman–Crippen MR) is 175 cm³/mol. The van der Waals surface area contributed by atoms with Crippen LogP contribution in [0.25, 0.3) is 21.7 Å². The molecular weight excluding hydrogens is 590 g/mol. The lowest BCUT2D eigenvalue weighted by molar-refractivity contribution is 0.268. The summed E-state index contributed by atoms with van der Waals surface area (Å²) in [5.41, 5.74) is 3.25. The lowest BCUT2D eigenvalue weighted by Crippen LogP contribution is -2.23. The summed E-state index contributed by atoms with van der Waals surface area (Å²) in [6.45, 7) is 10.9. The van der Waals surface area contributed by atoms with Crippen LogP contribution in [0.15, 0.2) is 99.8 Å². The Morgan fingerprint density at radius 1 is 1.00 bits per heavy atom. The van der Waals surface area contributed by atoms with Crippen LogP contribution < -0.4 is 15.0 Å².